The van der Waals surface area contributed by atoms with Gasteiger partial charge in [0.05, 0.1) is 6.10 Å². The lowest BCUT2D eigenvalue weighted by Gasteiger charge is -2.65. The fraction of sp³-hybridized carbons (Fsp3) is 0.846. The van der Waals surface area contributed by atoms with E-state index in [1.165, 1.54) is 0 Å². The summed E-state index contributed by atoms with van der Waals surface area (Å²) >= 11 is 0. The first-order valence-corrected chi connectivity index (χ1v) is 7.02. The monoisotopic (exact) mass is 283 g/mol. The Bertz CT molecular complexity index is 453. The molecule has 1 aliphatic carbocycles. The lowest BCUT2D eigenvalue weighted by atomic mass is 9.46. The Balaban J connectivity index is 1.77. The maximum atomic E-state index is 12.6. The van der Waals surface area contributed by atoms with Gasteiger partial charge in [0.15, 0.2) is 0 Å². The first-order chi connectivity index (χ1) is 9.39. The summed E-state index contributed by atoms with van der Waals surface area (Å²) in [6.07, 6.45) is 1.81. The Morgan fingerprint density at radius 3 is 2.90 bits per heavy atom. The van der Waals surface area contributed by atoms with Crippen molar-refractivity contribution < 1.29 is 19.2 Å². The highest BCUT2D eigenvalue weighted by Gasteiger charge is 2.70. The number of hydroxylamine groups is 1. The van der Waals surface area contributed by atoms with Crippen molar-refractivity contribution in [1.29, 1.82) is 0 Å². The molecule has 0 bridgehead atoms. The summed E-state index contributed by atoms with van der Waals surface area (Å²) in [4.78, 5) is 28.9. The Kier molecular flexibility index (Phi) is 3.04. The Morgan fingerprint density at radius 2 is 2.25 bits per heavy atom. The van der Waals surface area contributed by atoms with Gasteiger partial charge >= 0.3 is 0 Å². The van der Waals surface area contributed by atoms with Gasteiger partial charge in [0.2, 0.25) is 5.91 Å². The molecule has 0 aromatic rings. The molecule has 1 saturated carbocycles. The standard InChI is InChI=1S/C13H21N3O4/c1-12(2)9-7(4-3-5-19-9)13(12,14)11(18)15-8-6-20-16-10(8)17/h7-9H,3-6,14H2,1-2H3,(H,15,18)(H,16,17)/t7?,8-,9?,13?/m1/s1. The number of amides is 2. The number of nitrogens with two attached hydrogens (primary N) is 1. The van der Waals surface area contributed by atoms with Crippen LogP contribution in [-0.2, 0) is 19.2 Å². The molecule has 2 heterocycles. The minimum absolute atomic E-state index is 0.0108. The molecule has 0 radical (unpaired) electrons. The zero-order valence-corrected chi connectivity index (χ0v) is 11.8. The van der Waals surface area contributed by atoms with Gasteiger partial charge in [-0.15, -0.1) is 0 Å². The van der Waals surface area contributed by atoms with E-state index in [-0.39, 0.29) is 30.4 Å². The van der Waals surface area contributed by atoms with Crippen molar-refractivity contribution in [3.63, 3.8) is 0 Å². The molecular weight excluding hydrogens is 262 g/mol. The topological polar surface area (TPSA) is 103 Å². The fourth-order valence-electron chi connectivity index (χ4n) is 3.76. The number of carbonyl (C=O) groups is 2. The van der Waals surface area contributed by atoms with Crippen molar-refractivity contribution in [3.05, 3.63) is 0 Å². The predicted molar refractivity (Wildman–Crippen MR) is 69.2 cm³/mol. The number of hydrogen-bond donors (Lipinski definition) is 3. The second kappa shape index (κ2) is 4.41. The van der Waals surface area contributed by atoms with E-state index in [0.717, 1.165) is 19.4 Å². The molecule has 112 valence electrons. The molecule has 3 unspecified atom stereocenters. The fourth-order valence-corrected chi connectivity index (χ4v) is 3.76. The van der Waals surface area contributed by atoms with Crippen LogP contribution in [0.3, 0.4) is 0 Å². The van der Waals surface area contributed by atoms with Crippen LogP contribution in [-0.4, -0.2) is 42.7 Å². The van der Waals surface area contributed by atoms with Gasteiger partial charge in [-0.3, -0.25) is 14.4 Å². The van der Waals surface area contributed by atoms with Crippen LogP contribution in [0.2, 0.25) is 0 Å². The van der Waals surface area contributed by atoms with E-state index < -0.39 is 17.0 Å². The van der Waals surface area contributed by atoms with E-state index in [1.807, 2.05) is 13.8 Å². The molecule has 3 rings (SSSR count). The number of hydrogen-bond acceptors (Lipinski definition) is 5. The molecule has 0 aromatic carbocycles. The Morgan fingerprint density at radius 1 is 1.50 bits per heavy atom. The minimum atomic E-state index is -0.999. The molecule has 7 heteroatoms. The molecule has 20 heavy (non-hydrogen) atoms. The summed E-state index contributed by atoms with van der Waals surface area (Å²) in [6, 6.07) is -0.665. The van der Waals surface area contributed by atoms with Crippen LogP contribution in [0, 0.1) is 11.3 Å². The highest BCUT2D eigenvalue weighted by molar-refractivity contribution is 5.94. The van der Waals surface area contributed by atoms with Gasteiger partial charge in [0.25, 0.3) is 5.91 Å². The maximum absolute atomic E-state index is 12.6. The van der Waals surface area contributed by atoms with Gasteiger partial charge in [-0.2, -0.15) is 0 Å². The molecule has 2 amide bonds. The maximum Gasteiger partial charge on any atom is 0.268 e. The molecule has 7 nitrogen and oxygen atoms in total. The number of rotatable bonds is 2. The van der Waals surface area contributed by atoms with Crippen LogP contribution in [0.1, 0.15) is 26.7 Å². The molecule has 3 fully saturated rings. The first-order valence-electron chi connectivity index (χ1n) is 7.02. The van der Waals surface area contributed by atoms with Gasteiger partial charge in [-0.05, 0) is 12.8 Å². The van der Waals surface area contributed by atoms with E-state index in [9.17, 15) is 9.59 Å². The van der Waals surface area contributed by atoms with Crippen molar-refractivity contribution in [1.82, 2.24) is 10.8 Å². The van der Waals surface area contributed by atoms with E-state index >= 15 is 0 Å². The van der Waals surface area contributed by atoms with Gasteiger partial charge in [0.1, 0.15) is 18.2 Å². The third-order valence-electron chi connectivity index (χ3n) is 5.10. The summed E-state index contributed by atoms with van der Waals surface area (Å²) in [5.74, 6) is -0.618. The molecule has 4 N–H and O–H groups in total. The summed E-state index contributed by atoms with van der Waals surface area (Å²) in [5, 5.41) is 2.70. The molecule has 3 aliphatic rings. The first kappa shape index (κ1) is 13.8. The normalized spacial score (nSPS) is 42.4. The van der Waals surface area contributed by atoms with Crippen LogP contribution in [0.4, 0.5) is 0 Å². The van der Waals surface area contributed by atoms with Crippen molar-refractivity contribution in [2.45, 2.75) is 44.4 Å². The molecule has 0 spiro atoms. The van der Waals surface area contributed by atoms with Gasteiger partial charge in [-0.1, -0.05) is 13.8 Å². The zero-order chi connectivity index (χ0) is 14.5. The molecular formula is C13H21N3O4. The SMILES string of the molecule is CC1(C)C2OCCCC2C1(N)C(=O)N[C@@H]1CONC1=O. The van der Waals surface area contributed by atoms with Crippen LogP contribution < -0.4 is 16.5 Å². The average Bonchev–Trinajstić information content (AvgIpc) is 2.83. The molecule has 2 aliphatic heterocycles. The van der Waals surface area contributed by atoms with Crippen LogP contribution >= 0.6 is 0 Å². The second-order valence-corrected chi connectivity index (χ2v) is 6.43. The van der Waals surface area contributed by atoms with Crippen LogP contribution in [0.5, 0.6) is 0 Å². The number of fused-ring (bicyclic) bond motifs is 1. The number of ether oxygens (including phenoxy) is 1. The lowest BCUT2D eigenvalue weighted by Crippen LogP contribution is -2.82. The summed E-state index contributed by atoms with van der Waals surface area (Å²) in [6.45, 7) is 4.75. The number of carbonyl (C=O) groups excluding carboxylic acids is 2. The van der Waals surface area contributed by atoms with Gasteiger partial charge in [0, 0.05) is 17.9 Å². The second-order valence-electron chi connectivity index (χ2n) is 6.43. The lowest BCUT2D eigenvalue weighted by molar-refractivity contribution is -0.225. The van der Waals surface area contributed by atoms with E-state index in [4.69, 9.17) is 15.3 Å². The third-order valence-corrected chi connectivity index (χ3v) is 5.10. The smallest absolute Gasteiger partial charge is 0.268 e. The average molecular weight is 283 g/mol. The van der Waals surface area contributed by atoms with Crippen molar-refractivity contribution in [2.75, 3.05) is 13.2 Å². The van der Waals surface area contributed by atoms with Crippen molar-refractivity contribution >= 4 is 11.8 Å². The molecule has 2 saturated heterocycles. The summed E-state index contributed by atoms with van der Waals surface area (Å²) < 4.78 is 5.76. The summed E-state index contributed by atoms with van der Waals surface area (Å²) in [7, 11) is 0. The Labute approximate surface area is 117 Å². The van der Waals surface area contributed by atoms with Crippen LogP contribution in [0.25, 0.3) is 0 Å². The van der Waals surface area contributed by atoms with E-state index in [0.29, 0.717) is 0 Å². The van der Waals surface area contributed by atoms with Crippen molar-refractivity contribution in [3.8, 4) is 0 Å². The summed E-state index contributed by atoms with van der Waals surface area (Å²) in [5.41, 5.74) is 7.21. The highest BCUT2D eigenvalue weighted by atomic mass is 16.7. The Hall–Kier alpha value is -1.18. The third kappa shape index (κ3) is 1.63. The highest BCUT2D eigenvalue weighted by Crippen LogP contribution is 2.57. The number of nitrogens with one attached hydrogen (secondary N) is 2. The van der Waals surface area contributed by atoms with Crippen LogP contribution in [0.15, 0.2) is 0 Å². The van der Waals surface area contributed by atoms with E-state index in [2.05, 4.69) is 10.8 Å². The van der Waals surface area contributed by atoms with E-state index in [1.54, 1.807) is 0 Å². The quantitative estimate of drug-likeness (QED) is 0.607. The zero-order valence-electron chi connectivity index (χ0n) is 11.8. The van der Waals surface area contributed by atoms with Crippen molar-refractivity contribution in [2.24, 2.45) is 17.1 Å². The molecule has 0 aromatic heterocycles. The predicted octanol–water partition coefficient (Wildman–Crippen LogP) is -0.935. The van der Waals surface area contributed by atoms with Gasteiger partial charge < -0.3 is 15.8 Å². The molecule has 4 atom stereocenters. The largest absolute Gasteiger partial charge is 0.377 e. The minimum Gasteiger partial charge on any atom is -0.377 e. The van der Waals surface area contributed by atoms with Gasteiger partial charge in [-0.25, -0.2) is 5.48 Å².